The Kier molecular flexibility index (Phi) is 3.49. The second-order valence-corrected chi connectivity index (χ2v) is 6.78. The summed E-state index contributed by atoms with van der Waals surface area (Å²) in [4.78, 5) is 0. The van der Waals surface area contributed by atoms with Crippen molar-refractivity contribution in [1.82, 2.24) is 0 Å². The molecule has 0 nitrogen and oxygen atoms in total. The molecule has 1 aromatic rings. The first-order valence-corrected chi connectivity index (χ1v) is 7.74. The minimum absolute atomic E-state index is 0.668. The zero-order valence-corrected chi connectivity index (χ0v) is 9.96. The van der Waals surface area contributed by atoms with Crippen LogP contribution in [0.25, 0.3) is 0 Å². The Bertz CT molecular complexity index is 300. The maximum absolute atomic E-state index is 3.80. The van der Waals surface area contributed by atoms with Crippen LogP contribution in [0.4, 0.5) is 0 Å². The number of rotatable bonds is 3. The molecule has 0 aliphatic rings. The fraction of sp³-hybridized carbons (Fsp3) is 0.333. The van der Waals surface area contributed by atoms with Gasteiger partial charge in [0.15, 0.2) is 0 Å². The van der Waals surface area contributed by atoms with Gasteiger partial charge in [-0.05, 0) is 18.9 Å². The number of hydrogen-bond acceptors (Lipinski definition) is 0. The van der Waals surface area contributed by atoms with Gasteiger partial charge in [-0.2, -0.15) is 0 Å². The van der Waals surface area contributed by atoms with Gasteiger partial charge in [-0.25, -0.2) is 0 Å². The van der Waals surface area contributed by atoms with E-state index in [1.165, 1.54) is 11.1 Å². The summed E-state index contributed by atoms with van der Waals surface area (Å²) in [7, 11) is -0.668. The largest absolute Gasteiger partial charge is 0.103 e. The third-order valence-electron chi connectivity index (χ3n) is 2.28. The lowest BCUT2D eigenvalue weighted by molar-refractivity contribution is 1.27. The van der Waals surface area contributed by atoms with Crippen LogP contribution in [0, 0.1) is 6.92 Å². The van der Waals surface area contributed by atoms with Crippen molar-refractivity contribution in [2.24, 2.45) is 0 Å². The predicted molar refractivity (Wildman–Crippen MR) is 63.6 cm³/mol. The van der Waals surface area contributed by atoms with Crippen molar-refractivity contribution in [1.29, 1.82) is 0 Å². The lowest BCUT2D eigenvalue weighted by Crippen LogP contribution is -2.26. The molecule has 0 saturated heterocycles. The molecule has 0 spiro atoms. The Balaban J connectivity index is 3.10. The third-order valence-corrected chi connectivity index (χ3v) is 4.09. The topological polar surface area (TPSA) is 0 Å². The van der Waals surface area contributed by atoms with Crippen molar-refractivity contribution in [3.05, 3.63) is 42.0 Å². The van der Waals surface area contributed by atoms with E-state index in [1.807, 2.05) is 6.08 Å². The average molecular weight is 190 g/mol. The highest BCUT2D eigenvalue weighted by molar-refractivity contribution is 6.71. The molecule has 1 heteroatoms. The first-order chi connectivity index (χ1) is 6.15. The highest BCUT2D eigenvalue weighted by Gasteiger charge is 2.05. The van der Waals surface area contributed by atoms with Gasteiger partial charge < -0.3 is 0 Å². The first-order valence-electron chi connectivity index (χ1n) is 4.85. The van der Waals surface area contributed by atoms with Crippen molar-refractivity contribution in [3.8, 4) is 0 Å². The summed E-state index contributed by atoms with van der Waals surface area (Å²) in [6, 6.07) is 6.81. The maximum Gasteiger partial charge on any atom is 0.0651 e. The van der Waals surface area contributed by atoms with Crippen molar-refractivity contribution >= 4 is 14.0 Å². The van der Waals surface area contributed by atoms with Crippen LogP contribution >= 0.6 is 0 Å². The van der Waals surface area contributed by atoms with Crippen LogP contribution in [-0.2, 0) is 6.42 Å². The lowest BCUT2D eigenvalue weighted by Gasteiger charge is -2.11. The molecule has 13 heavy (non-hydrogen) atoms. The van der Waals surface area contributed by atoms with Crippen LogP contribution in [0.3, 0.4) is 0 Å². The van der Waals surface area contributed by atoms with E-state index >= 15 is 0 Å². The smallest absolute Gasteiger partial charge is 0.0651 e. The minimum atomic E-state index is -0.668. The van der Waals surface area contributed by atoms with Crippen LogP contribution < -0.4 is 5.19 Å². The fourth-order valence-corrected chi connectivity index (χ4v) is 3.05. The normalized spacial score (nSPS) is 10.5. The molecule has 0 atom stereocenters. The van der Waals surface area contributed by atoms with Crippen LogP contribution in [0.5, 0.6) is 0 Å². The summed E-state index contributed by atoms with van der Waals surface area (Å²) < 4.78 is 0. The zero-order chi connectivity index (χ0) is 9.84. The molecule has 0 aromatic heterocycles. The maximum atomic E-state index is 3.80. The first kappa shape index (κ1) is 10.3. The highest BCUT2D eigenvalue weighted by Crippen LogP contribution is 2.04. The van der Waals surface area contributed by atoms with E-state index in [1.54, 1.807) is 5.19 Å². The van der Waals surface area contributed by atoms with Gasteiger partial charge in [0.1, 0.15) is 0 Å². The number of hydrogen-bond donors (Lipinski definition) is 0. The Morgan fingerprint density at radius 3 is 2.62 bits per heavy atom. The molecule has 0 bridgehead atoms. The monoisotopic (exact) mass is 190 g/mol. The van der Waals surface area contributed by atoms with Crippen molar-refractivity contribution in [2.75, 3.05) is 0 Å². The Hall–Kier alpha value is -0.823. The van der Waals surface area contributed by atoms with E-state index in [-0.39, 0.29) is 0 Å². The van der Waals surface area contributed by atoms with Crippen LogP contribution in [-0.4, -0.2) is 8.80 Å². The summed E-state index contributed by atoms with van der Waals surface area (Å²) in [5.41, 5.74) is 2.84. The minimum Gasteiger partial charge on any atom is -0.103 e. The molecule has 0 aliphatic carbocycles. The van der Waals surface area contributed by atoms with Crippen LogP contribution in [0.15, 0.2) is 30.9 Å². The van der Waals surface area contributed by atoms with E-state index in [0.717, 1.165) is 6.42 Å². The summed E-state index contributed by atoms with van der Waals surface area (Å²) in [6.45, 7) is 10.7. The number of benzene rings is 1. The third kappa shape index (κ3) is 2.56. The summed E-state index contributed by atoms with van der Waals surface area (Å²) in [5.74, 6) is 0. The molecule has 0 heterocycles. The quantitative estimate of drug-likeness (QED) is 0.507. The van der Waals surface area contributed by atoms with E-state index in [2.05, 4.69) is 44.8 Å². The van der Waals surface area contributed by atoms with Crippen LogP contribution in [0.2, 0.25) is 13.1 Å². The van der Waals surface area contributed by atoms with Gasteiger partial charge in [0.2, 0.25) is 0 Å². The van der Waals surface area contributed by atoms with Gasteiger partial charge in [-0.3, -0.25) is 0 Å². The summed E-state index contributed by atoms with van der Waals surface area (Å²) >= 11 is 0. The fourth-order valence-electron chi connectivity index (χ4n) is 1.63. The number of aryl methyl sites for hydroxylation is 1. The molecule has 0 radical (unpaired) electrons. The van der Waals surface area contributed by atoms with Gasteiger partial charge in [-0.15, -0.1) is 6.58 Å². The van der Waals surface area contributed by atoms with Crippen molar-refractivity contribution < 1.29 is 0 Å². The molecule has 0 N–H and O–H groups in total. The Morgan fingerprint density at radius 2 is 2.08 bits per heavy atom. The van der Waals surface area contributed by atoms with Gasteiger partial charge >= 0.3 is 0 Å². The Morgan fingerprint density at radius 1 is 1.38 bits per heavy atom. The number of allylic oxidation sites excluding steroid dienone is 1. The second-order valence-electron chi connectivity index (χ2n) is 3.85. The van der Waals surface area contributed by atoms with Crippen LogP contribution in [0.1, 0.15) is 11.1 Å². The Labute approximate surface area is 82.9 Å². The molecular weight excluding hydrogens is 172 g/mol. The average Bonchev–Trinajstić information content (AvgIpc) is 2.04. The van der Waals surface area contributed by atoms with Gasteiger partial charge in [0.05, 0.1) is 8.80 Å². The molecular formula is C12H18Si. The lowest BCUT2D eigenvalue weighted by atomic mass is 10.1. The molecule has 0 saturated carbocycles. The molecule has 0 fully saturated rings. The molecule has 70 valence electrons. The predicted octanol–water partition coefficient (Wildman–Crippen LogP) is 2.42. The van der Waals surface area contributed by atoms with Gasteiger partial charge in [0.25, 0.3) is 0 Å². The van der Waals surface area contributed by atoms with Gasteiger partial charge in [-0.1, -0.05) is 48.1 Å². The summed E-state index contributed by atoms with van der Waals surface area (Å²) in [5, 5.41) is 1.59. The summed E-state index contributed by atoms with van der Waals surface area (Å²) in [6.07, 6.45) is 3.01. The van der Waals surface area contributed by atoms with E-state index in [0.29, 0.717) is 0 Å². The molecule has 0 amide bonds. The van der Waals surface area contributed by atoms with E-state index in [9.17, 15) is 0 Å². The standard InChI is InChI=1S/C12H18Si/c1-5-6-11-9-10(2)7-8-12(11)13(3)4/h5,7-9,13H,1,6H2,2-4H3. The van der Waals surface area contributed by atoms with Crippen molar-refractivity contribution in [2.45, 2.75) is 26.4 Å². The van der Waals surface area contributed by atoms with Crippen molar-refractivity contribution in [3.63, 3.8) is 0 Å². The highest BCUT2D eigenvalue weighted by atomic mass is 28.3. The SMILES string of the molecule is C=CCc1cc(C)ccc1[SiH](C)C. The van der Waals surface area contributed by atoms with E-state index in [4.69, 9.17) is 0 Å². The molecule has 1 aromatic carbocycles. The molecule has 0 unspecified atom stereocenters. The molecule has 0 aliphatic heterocycles. The second kappa shape index (κ2) is 4.42. The van der Waals surface area contributed by atoms with Gasteiger partial charge in [0, 0.05) is 0 Å². The zero-order valence-electron chi connectivity index (χ0n) is 8.80. The molecule has 1 rings (SSSR count). The van der Waals surface area contributed by atoms with E-state index < -0.39 is 8.80 Å².